The van der Waals surface area contributed by atoms with Crippen LogP contribution in [0, 0.1) is 0 Å². The quantitative estimate of drug-likeness (QED) is 0.845. The molecule has 7 heteroatoms. The maximum Gasteiger partial charge on any atom is 0.244 e. The Kier molecular flexibility index (Phi) is 5.43. The molecule has 0 saturated carbocycles. The number of hydrogen-bond donors (Lipinski definition) is 2. The fraction of sp³-hybridized carbons (Fsp3) is 0.714. The van der Waals surface area contributed by atoms with E-state index in [1.165, 1.54) is 0 Å². The van der Waals surface area contributed by atoms with Gasteiger partial charge in [0.05, 0.1) is 4.90 Å². The SMILES string of the molecule is CCC1CN(C)CCCN1S(=O)(=O)c1c[nH]c(CNC)c1. The standard InChI is InChI=1S/C14H26N4O2S/c1-4-13-11-17(3)6-5-7-18(13)21(19,20)14-8-12(9-15-2)16-10-14/h8,10,13,15-16H,4-7,9,11H2,1-3H3. The zero-order valence-corrected chi connectivity index (χ0v) is 13.9. The fourth-order valence-electron chi connectivity index (χ4n) is 2.87. The monoisotopic (exact) mass is 314 g/mol. The lowest BCUT2D eigenvalue weighted by Crippen LogP contribution is -2.43. The highest BCUT2D eigenvalue weighted by Gasteiger charge is 2.33. The largest absolute Gasteiger partial charge is 0.363 e. The maximum absolute atomic E-state index is 12.9. The van der Waals surface area contributed by atoms with E-state index >= 15 is 0 Å². The van der Waals surface area contributed by atoms with Gasteiger partial charge in [0.25, 0.3) is 0 Å². The highest BCUT2D eigenvalue weighted by atomic mass is 32.2. The van der Waals surface area contributed by atoms with E-state index in [1.807, 2.05) is 7.05 Å². The minimum absolute atomic E-state index is 0.0464. The molecule has 1 aliphatic heterocycles. The second-order valence-electron chi connectivity index (χ2n) is 5.68. The van der Waals surface area contributed by atoms with Crippen molar-refractivity contribution in [3.63, 3.8) is 0 Å². The summed E-state index contributed by atoms with van der Waals surface area (Å²) in [6.45, 7) is 5.02. The molecule has 0 radical (unpaired) electrons. The van der Waals surface area contributed by atoms with Gasteiger partial charge < -0.3 is 15.2 Å². The zero-order valence-electron chi connectivity index (χ0n) is 13.1. The molecule has 1 atom stereocenters. The third-order valence-electron chi connectivity index (χ3n) is 4.01. The van der Waals surface area contributed by atoms with Gasteiger partial charge in [-0.1, -0.05) is 6.92 Å². The summed E-state index contributed by atoms with van der Waals surface area (Å²) in [7, 11) is 0.476. The topological polar surface area (TPSA) is 68.4 Å². The van der Waals surface area contributed by atoms with Crippen LogP contribution in [0.1, 0.15) is 25.5 Å². The molecule has 2 heterocycles. The van der Waals surface area contributed by atoms with E-state index < -0.39 is 10.0 Å². The third-order valence-corrected chi connectivity index (χ3v) is 5.94. The number of H-pyrrole nitrogens is 1. The van der Waals surface area contributed by atoms with Gasteiger partial charge >= 0.3 is 0 Å². The molecule has 2 rings (SSSR count). The van der Waals surface area contributed by atoms with E-state index in [0.29, 0.717) is 18.0 Å². The molecule has 1 aromatic rings. The molecule has 0 bridgehead atoms. The molecular formula is C14H26N4O2S. The van der Waals surface area contributed by atoms with Crippen LogP contribution in [-0.4, -0.2) is 62.4 Å². The Morgan fingerprint density at radius 3 is 2.86 bits per heavy atom. The molecule has 0 spiro atoms. The molecule has 1 fully saturated rings. The average Bonchev–Trinajstić information content (AvgIpc) is 2.82. The number of hydrogen-bond acceptors (Lipinski definition) is 4. The van der Waals surface area contributed by atoms with Crippen LogP contribution in [0.4, 0.5) is 0 Å². The van der Waals surface area contributed by atoms with E-state index in [2.05, 4.69) is 29.2 Å². The summed E-state index contributed by atoms with van der Waals surface area (Å²) < 4.78 is 27.5. The summed E-state index contributed by atoms with van der Waals surface area (Å²) in [5, 5.41) is 3.02. The summed E-state index contributed by atoms with van der Waals surface area (Å²) >= 11 is 0. The Morgan fingerprint density at radius 1 is 1.43 bits per heavy atom. The first-order valence-electron chi connectivity index (χ1n) is 7.51. The lowest BCUT2D eigenvalue weighted by Gasteiger charge is -2.28. The Morgan fingerprint density at radius 2 is 2.19 bits per heavy atom. The Balaban J connectivity index is 2.27. The van der Waals surface area contributed by atoms with Gasteiger partial charge in [0.2, 0.25) is 10.0 Å². The van der Waals surface area contributed by atoms with Crippen LogP contribution in [0.5, 0.6) is 0 Å². The molecule has 1 aliphatic rings. The molecule has 0 amide bonds. The van der Waals surface area contributed by atoms with Crippen molar-refractivity contribution in [1.29, 1.82) is 0 Å². The molecule has 2 N–H and O–H groups in total. The van der Waals surface area contributed by atoms with Crippen molar-refractivity contribution in [2.24, 2.45) is 0 Å². The Hall–Kier alpha value is -0.890. The van der Waals surface area contributed by atoms with Gasteiger partial charge in [-0.05, 0) is 39.5 Å². The van der Waals surface area contributed by atoms with Crippen LogP contribution in [-0.2, 0) is 16.6 Å². The molecule has 21 heavy (non-hydrogen) atoms. The molecule has 6 nitrogen and oxygen atoms in total. The van der Waals surface area contributed by atoms with Gasteiger partial charge in [-0.15, -0.1) is 0 Å². The highest BCUT2D eigenvalue weighted by molar-refractivity contribution is 7.89. The van der Waals surface area contributed by atoms with Crippen molar-refractivity contribution >= 4 is 10.0 Å². The van der Waals surface area contributed by atoms with Crippen LogP contribution in [0.2, 0.25) is 0 Å². The maximum atomic E-state index is 12.9. The number of rotatable bonds is 5. The Labute approximate surface area is 127 Å². The zero-order chi connectivity index (χ0) is 15.5. The van der Waals surface area contributed by atoms with Gasteiger partial charge in [-0.25, -0.2) is 8.42 Å². The summed E-state index contributed by atoms with van der Waals surface area (Å²) in [5.74, 6) is 0. The van der Waals surface area contributed by atoms with Crippen LogP contribution in [0.25, 0.3) is 0 Å². The predicted molar refractivity (Wildman–Crippen MR) is 83.6 cm³/mol. The van der Waals surface area contributed by atoms with Crippen molar-refractivity contribution in [2.45, 2.75) is 37.2 Å². The van der Waals surface area contributed by atoms with Crippen molar-refractivity contribution in [2.75, 3.05) is 33.7 Å². The summed E-state index contributed by atoms with van der Waals surface area (Å²) in [6, 6.07) is 1.78. The number of aromatic nitrogens is 1. The first-order valence-corrected chi connectivity index (χ1v) is 8.95. The first-order chi connectivity index (χ1) is 9.98. The predicted octanol–water partition coefficient (Wildman–Crippen LogP) is 0.839. The summed E-state index contributed by atoms with van der Waals surface area (Å²) in [5.41, 5.74) is 0.885. The summed E-state index contributed by atoms with van der Waals surface area (Å²) in [4.78, 5) is 5.62. The van der Waals surface area contributed by atoms with E-state index in [-0.39, 0.29) is 6.04 Å². The normalized spacial score (nSPS) is 22.3. The lowest BCUT2D eigenvalue weighted by atomic mass is 10.2. The van der Waals surface area contributed by atoms with E-state index in [1.54, 1.807) is 16.6 Å². The van der Waals surface area contributed by atoms with Gasteiger partial charge in [-0.2, -0.15) is 4.31 Å². The van der Waals surface area contributed by atoms with Gasteiger partial charge in [0.1, 0.15) is 0 Å². The van der Waals surface area contributed by atoms with Crippen molar-refractivity contribution in [3.05, 3.63) is 18.0 Å². The first kappa shape index (κ1) is 16.5. The van der Waals surface area contributed by atoms with Crippen molar-refractivity contribution in [1.82, 2.24) is 19.5 Å². The highest BCUT2D eigenvalue weighted by Crippen LogP contribution is 2.23. The minimum Gasteiger partial charge on any atom is -0.363 e. The van der Waals surface area contributed by atoms with E-state index in [0.717, 1.165) is 31.6 Å². The number of nitrogens with one attached hydrogen (secondary N) is 2. The number of likely N-dealkylation sites (N-methyl/N-ethyl adjacent to an activating group) is 1. The fourth-order valence-corrected chi connectivity index (χ4v) is 4.61. The molecule has 0 aliphatic carbocycles. The molecule has 1 aromatic heterocycles. The van der Waals surface area contributed by atoms with Crippen LogP contribution < -0.4 is 5.32 Å². The molecule has 1 unspecified atom stereocenters. The number of nitrogens with zero attached hydrogens (tertiary/aromatic N) is 2. The average molecular weight is 314 g/mol. The Bertz CT molecular complexity index is 555. The molecule has 1 saturated heterocycles. The lowest BCUT2D eigenvalue weighted by molar-refractivity contribution is 0.270. The van der Waals surface area contributed by atoms with Gasteiger partial charge in [-0.3, -0.25) is 0 Å². The van der Waals surface area contributed by atoms with Crippen LogP contribution >= 0.6 is 0 Å². The van der Waals surface area contributed by atoms with Gasteiger partial charge in [0.15, 0.2) is 0 Å². The van der Waals surface area contributed by atoms with Crippen LogP contribution in [0.15, 0.2) is 17.2 Å². The second kappa shape index (κ2) is 6.91. The van der Waals surface area contributed by atoms with Crippen molar-refractivity contribution in [3.8, 4) is 0 Å². The minimum atomic E-state index is -3.42. The van der Waals surface area contributed by atoms with E-state index in [4.69, 9.17) is 0 Å². The number of sulfonamides is 1. The molecular weight excluding hydrogens is 288 g/mol. The second-order valence-corrected chi connectivity index (χ2v) is 7.58. The third kappa shape index (κ3) is 3.66. The number of aromatic amines is 1. The summed E-state index contributed by atoms with van der Waals surface area (Å²) in [6.07, 6.45) is 3.31. The molecule has 120 valence electrons. The van der Waals surface area contributed by atoms with Gasteiger partial charge in [0, 0.05) is 37.6 Å². The van der Waals surface area contributed by atoms with Crippen LogP contribution in [0.3, 0.4) is 0 Å². The molecule has 0 aromatic carbocycles. The smallest absolute Gasteiger partial charge is 0.244 e. The van der Waals surface area contributed by atoms with Crippen molar-refractivity contribution < 1.29 is 8.42 Å². The van der Waals surface area contributed by atoms with E-state index in [9.17, 15) is 8.42 Å².